The summed E-state index contributed by atoms with van der Waals surface area (Å²) in [5.41, 5.74) is 2.66. The second kappa shape index (κ2) is 7.33. The van der Waals surface area contributed by atoms with Crippen molar-refractivity contribution in [2.45, 2.75) is 26.5 Å². The number of ether oxygens (including phenoxy) is 1. The molecular weight excluding hydrogens is 361 g/mol. The molecular formula is C18H17Cl2N3O2. The van der Waals surface area contributed by atoms with Crippen LogP contribution in [0, 0.1) is 6.92 Å². The highest BCUT2D eigenvalue weighted by Crippen LogP contribution is 2.28. The molecule has 7 heteroatoms. The van der Waals surface area contributed by atoms with E-state index < -0.39 is 6.10 Å². The minimum atomic E-state index is -0.696. The van der Waals surface area contributed by atoms with E-state index >= 15 is 0 Å². The standard InChI is InChI=1S/C18H17Cl2N3O2/c1-11-15(23-8-4-3-5-17(23)22-11)10-21-18(24)12(2)25-16-7-6-13(19)9-14(16)20/h3-9,12H,10H2,1-2H3,(H,21,24). The van der Waals surface area contributed by atoms with E-state index in [1.165, 1.54) is 0 Å². The smallest absolute Gasteiger partial charge is 0.261 e. The van der Waals surface area contributed by atoms with E-state index in [-0.39, 0.29) is 5.91 Å². The fourth-order valence-corrected chi connectivity index (χ4v) is 2.96. The number of hydrogen-bond acceptors (Lipinski definition) is 3. The van der Waals surface area contributed by atoms with Crippen molar-refractivity contribution >= 4 is 34.8 Å². The molecule has 1 atom stereocenters. The lowest BCUT2D eigenvalue weighted by Gasteiger charge is -2.16. The molecule has 0 saturated heterocycles. The maximum absolute atomic E-state index is 12.3. The number of rotatable bonds is 5. The molecule has 0 radical (unpaired) electrons. The van der Waals surface area contributed by atoms with Crippen LogP contribution in [0.25, 0.3) is 5.65 Å². The molecule has 0 bridgehead atoms. The van der Waals surface area contributed by atoms with Gasteiger partial charge in [0.05, 0.1) is 23.0 Å². The Bertz CT molecular complexity index is 924. The van der Waals surface area contributed by atoms with Crippen molar-refractivity contribution in [1.82, 2.24) is 14.7 Å². The molecule has 3 aromatic rings. The summed E-state index contributed by atoms with van der Waals surface area (Å²) in [6.45, 7) is 3.95. The first-order valence-corrected chi connectivity index (χ1v) is 8.53. The zero-order valence-corrected chi connectivity index (χ0v) is 15.3. The first-order chi connectivity index (χ1) is 12.0. The molecule has 5 nitrogen and oxygen atoms in total. The van der Waals surface area contributed by atoms with Crippen LogP contribution in [-0.4, -0.2) is 21.4 Å². The maximum Gasteiger partial charge on any atom is 0.261 e. The molecule has 0 aliphatic rings. The number of benzene rings is 1. The number of imidazole rings is 1. The minimum absolute atomic E-state index is 0.240. The van der Waals surface area contributed by atoms with Crippen molar-refractivity contribution in [2.75, 3.05) is 0 Å². The molecule has 2 heterocycles. The molecule has 0 aliphatic heterocycles. The van der Waals surface area contributed by atoms with E-state index in [4.69, 9.17) is 27.9 Å². The molecule has 0 aliphatic carbocycles. The predicted octanol–water partition coefficient (Wildman–Crippen LogP) is 4.03. The quantitative estimate of drug-likeness (QED) is 0.729. The lowest BCUT2D eigenvalue weighted by molar-refractivity contribution is -0.127. The molecule has 0 fully saturated rings. The first kappa shape index (κ1) is 17.6. The van der Waals surface area contributed by atoms with Gasteiger partial charge in [-0.3, -0.25) is 4.79 Å². The molecule has 130 valence electrons. The van der Waals surface area contributed by atoms with Gasteiger partial charge < -0.3 is 14.5 Å². The van der Waals surface area contributed by atoms with Gasteiger partial charge in [-0.1, -0.05) is 29.3 Å². The average Bonchev–Trinajstić information content (AvgIpc) is 2.90. The summed E-state index contributed by atoms with van der Waals surface area (Å²) in [5.74, 6) is 0.177. The molecule has 1 aromatic carbocycles. The minimum Gasteiger partial charge on any atom is -0.479 e. The van der Waals surface area contributed by atoms with Crippen LogP contribution in [0.2, 0.25) is 10.0 Å². The molecule has 1 N–H and O–H groups in total. The van der Waals surface area contributed by atoms with Crippen molar-refractivity contribution < 1.29 is 9.53 Å². The highest BCUT2D eigenvalue weighted by atomic mass is 35.5. The van der Waals surface area contributed by atoms with E-state index in [2.05, 4.69) is 10.3 Å². The number of aromatic nitrogens is 2. The van der Waals surface area contributed by atoms with Gasteiger partial charge in [-0.15, -0.1) is 0 Å². The Morgan fingerprint density at radius 1 is 1.32 bits per heavy atom. The number of carbonyl (C=O) groups excluding carboxylic acids is 1. The van der Waals surface area contributed by atoms with Crippen LogP contribution in [0.3, 0.4) is 0 Å². The lowest BCUT2D eigenvalue weighted by Crippen LogP contribution is -2.36. The molecule has 1 unspecified atom stereocenters. The molecule has 0 spiro atoms. The Morgan fingerprint density at radius 3 is 2.88 bits per heavy atom. The van der Waals surface area contributed by atoms with Crippen molar-refractivity contribution in [3.8, 4) is 5.75 Å². The Labute approximate surface area is 155 Å². The highest BCUT2D eigenvalue weighted by molar-refractivity contribution is 6.35. The van der Waals surface area contributed by atoms with Crippen molar-refractivity contribution in [1.29, 1.82) is 0 Å². The largest absolute Gasteiger partial charge is 0.479 e. The third-order valence-corrected chi connectivity index (χ3v) is 4.36. The number of hydrogen-bond donors (Lipinski definition) is 1. The molecule has 0 saturated carbocycles. The average molecular weight is 378 g/mol. The zero-order chi connectivity index (χ0) is 18.0. The van der Waals surface area contributed by atoms with Crippen LogP contribution in [0.15, 0.2) is 42.6 Å². The third kappa shape index (κ3) is 3.89. The summed E-state index contributed by atoms with van der Waals surface area (Å²) in [7, 11) is 0. The number of pyridine rings is 1. The summed E-state index contributed by atoms with van der Waals surface area (Å²) >= 11 is 11.9. The van der Waals surface area contributed by atoms with E-state index in [0.29, 0.717) is 22.3 Å². The van der Waals surface area contributed by atoms with Crippen LogP contribution in [0.5, 0.6) is 5.75 Å². The topological polar surface area (TPSA) is 55.6 Å². The number of nitrogens with zero attached hydrogens (tertiary/aromatic N) is 2. The van der Waals surface area contributed by atoms with Crippen molar-refractivity contribution in [3.63, 3.8) is 0 Å². The normalized spacial score (nSPS) is 12.2. The van der Waals surface area contributed by atoms with Crippen molar-refractivity contribution in [2.24, 2.45) is 0 Å². The van der Waals surface area contributed by atoms with E-state index in [1.807, 2.05) is 35.7 Å². The number of nitrogens with one attached hydrogen (secondary N) is 1. The maximum atomic E-state index is 12.3. The molecule has 2 aromatic heterocycles. The van der Waals surface area contributed by atoms with Crippen LogP contribution < -0.4 is 10.1 Å². The summed E-state index contributed by atoms with van der Waals surface area (Å²) in [6.07, 6.45) is 1.22. The summed E-state index contributed by atoms with van der Waals surface area (Å²) < 4.78 is 7.58. The summed E-state index contributed by atoms with van der Waals surface area (Å²) in [6, 6.07) is 10.7. The number of halogens is 2. The number of fused-ring (bicyclic) bond motifs is 1. The van der Waals surface area contributed by atoms with Crippen LogP contribution in [0.1, 0.15) is 18.3 Å². The Balaban J connectivity index is 1.66. The van der Waals surface area contributed by atoms with Gasteiger partial charge in [-0.2, -0.15) is 0 Å². The van der Waals surface area contributed by atoms with Gasteiger partial charge >= 0.3 is 0 Å². The molecule has 3 rings (SSSR count). The van der Waals surface area contributed by atoms with Gasteiger partial charge in [0.15, 0.2) is 6.10 Å². The highest BCUT2D eigenvalue weighted by Gasteiger charge is 2.17. The second-order valence-electron chi connectivity index (χ2n) is 5.63. The molecule has 1 amide bonds. The number of carbonyl (C=O) groups is 1. The Morgan fingerprint density at radius 2 is 2.12 bits per heavy atom. The summed E-state index contributed by atoms with van der Waals surface area (Å²) in [4.78, 5) is 16.8. The van der Waals surface area contributed by atoms with Gasteiger partial charge in [-0.05, 0) is 44.2 Å². The van der Waals surface area contributed by atoms with Crippen molar-refractivity contribution in [3.05, 3.63) is 64.0 Å². The Kier molecular flexibility index (Phi) is 5.16. The number of amides is 1. The summed E-state index contributed by atoms with van der Waals surface area (Å²) in [5, 5.41) is 3.75. The Hall–Kier alpha value is -2.24. The van der Waals surface area contributed by atoms with Gasteiger partial charge in [0.25, 0.3) is 5.91 Å². The third-order valence-electron chi connectivity index (χ3n) is 3.83. The monoisotopic (exact) mass is 377 g/mol. The van der Waals surface area contributed by atoms with Gasteiger partial charge in [0.1, 0.15) is 11.4 Å². The second-order valence-corrected chi connectivity index (χ2v) is 6.47. The predicted molar refractivity (Wildman–Crippen MR) is 98.3 cm³/mol. The van der Waals surface area contributed by atoms with E-state index in [1.54, 1.807) is 25.1 Å². The van der Waals surface area contributed by atoms with Gasteiger partial charge in [-0.25, -0.2) is 4.98 Å². The zero-order valence-electron chi connectivity index (χ0n) is 13.8. The fourth-order valence-electron chi connectivity index (χ4n) is 2.51. The number of aryl methyl sites for hydroxylation is 1. The fraction of sp³-hybridized carbons (Fsp3) is 0.222. The van der Waals surface area contributed by atoms with Crippen LogP contribution in [-0.2, 0) is 11.3 Å². The van der Waals surface area contributed by atoms with Gasteiger partial charge in [0, 0.05) is 11.2 Å². The molecule has 25 heavy (non-hydrogen) atoms. The van der Waals surface area contributed by atoms with E-state index in [0.717, 1.165) is 17.0 Å². The van der Waals surface area contributed by atoms with Crippen LogP contribution >= 0.6 is 23.2 Å². The lowest BCUT2D eigenvalue weighted by atomic mass is 10.3. The van der Waals surface area contributed by atoms with Gasteiger partial charge in [0.2, 0.25) is 0 Å². The van der Waals surface area contributed by atoms with E-state index in [9.17, 15) is 4.79 Å². The first-order valence-electron chi connectivity index (χ1n) is 7.77. The SMILES string of the molecule is Cc1nc2ccccn2c1CNC(=O)C(C)Oc1ccc(Cl)cc1Cl. The van der Waals surface area contributed by atoms with Crippen LogP contribution in [0.4, 0.5) is 0 Å².